The maximum absolute atomic E-state index is 11.2. The van der Waals surface area contributed by atoms with E-state index in [2.05, 4.69) is 30.7 Å². The molecular formula is C34H28N8O6. The number of nitrogen functional groups attached to an aromatic ring is 2. The molecule has 0 spiro atoms. The molecule has 0 aliphatic heterocycles. The number of nitrogens with zero attached hydrogens (tertiary/aromatic N) is 6. The number of rotatable bonds is 11. The van der Waals surface area contributed by atoms with E-state index in [4.69, 9.17) is 26.4 Å². The third-order valence-electron chi connectivity index (χ3n) is 6.86. The minimum atomic E-state index is -1.26. The summed E-state index contributed by atoms with van der Waals surface area (Å²) in [5.41, 5.74) is 18.0. The Morgan fingerprint density at radius 1 is 0.646 bits per heavy atom. The van der Waals surface area contributed by atoms with Gasteiger partial charge < -0.3 is 31.5 Å². The Labute approximate surface area is 273 Å². The van der Waals surface area contributed by atoms with Crippen molar-refractivity contribution < 1.29 is 29.6 Å². The second-order valence-electron chi connectivity index (χ2n) is 10.3. The number of nitrogens with two attached hydrogens (primary N) is 2. The SMILES string of the molecule is Cc1cc(N=Nc2ccc(-c3ccc(N=Nc4ccc(O)c(C(=O)O)c4)cc3)cc2)c(N)c(N=Nc2ccc(OCC(=O)O)cc2)c1N. The second-order valence-corrected chi connectivity index (χ2v) is 10.3. The number of carboxylic acid groups (broad SMARTS) is 2. The molecule has 0 fully saturated rings. The number of aryl methyl sites for hydroxylation is 1. The van der Waals surface area contributed by atoms with Crippen molar-refractivity contribution in [2.45, 2.75) is 6.92 Å². The van der Waals surface area contributed by atoms with Gasteiger partial charge in [0.2, 0.25) is 0 Å². The third-order valence-corrected chi connectivity index (χ3v) is 6.86. The maximum Gasteiger partial charge on any atom is 0.341 e. The molecule has 5 rings (SSSR count). The molecule has 0 aliphatic carbocycles. The summed E-state index contributed by atoms with van der Waals surface area (Å²) in [6.45, 7) is 1.35. The molecule has 240 valence electrons. The Balaban J connectivity index is 1.26. The predicted molar refractivity (Wildman–Crippen MR) is 179 cm³/mol. The van der Waals surface area contributed by atoms with Crippen LogP contribution in [-0.2, 0) is 4.79 Å². The molecule has 0 radical (unpaired) electrons. The van der Waals surface area contributed by atoms with Crippen molar-refractivity contribution >= 4 is 57.4 Å². The molecule has 14 nitrogen and oxygen atoms in total. The molecule has 0 amide bonds. The van der Waals surface area contributed by atoms with Crippen LogP contribution in [0, 0.1) is 6.92 Å². The summed E-state index contributed by atoms with van der Waals surface area (Å²) in [5.74, 6) is -2.30. The fourth-order valence-corrected chi connectivity index (χ4v) is 4.29. The molecule has 5 aromatic rings. The Hall–Kier alpha value is -6.96. The van der Waals surface area contributed by atoms with Gasteiger partial charge in [-0.15, -0.1) is 10.2 Å². The standard InChI is InChI=1S/C34H28N8O6/c1-19-16-28(32(36)33(31(19)35)42-39-24-10-13-26(14-11-24)48-18-30(44)45)41-38-23-8-4-21(5-9-23)20-2-6-22(7-3-20)37-40-25-12-15-29(43)27(17-25)34(46)47/h2-17,43H,18,35-36H2,1H3,(H,44,45)(H,46,47). The van der Waals surface area contributed by atoms with Crippen LogP contribution in [0.1, 0.15) is 15.9 Å². The smallest absolute Gasteiger partial charge is 0.341 e. The lowest BCUT2D eigenvalue weighted by molar-refractivity contribution is -0.139. The number of anilines is 2. The number of aliphatic carboxylic acids is 1. The zero-order valence-corrected chi connectivity index (χ0v) is 25.3. The summed E-state index contributed by atoms with van der Waals surface area (Å²) >= 11 is 0. The minimum absolute atomic E-state index is 0.202. The van der Waals surface area contributed by atoms with Gasteiger partial charge in [-0.25, -0.2) is 9.59 Å². The summed E-state index contributed by atoms with van der Waals surface area (Å²) in [6, 6.07) is 26.8. The molecule has 0 unspecified atom stereocenters. The first-order valence-corrected chi connectivity index (χ1v) is 14.2. The van der Waals surface area contributed by atoms with Crippen molar-refractivity contribution in [2.24, 2.45) is 30.7 Å². The first kappa shape index (κ1) is 32.4. The quantitative estimate of drug-likeness (QED) is 0.0686. The van der Waals surface area contributed by atoms with E-state index in [1.54, 1.807) is 49.4 Å². The molecule has 0 aromatic heterocycles. The molecule has 14 heteroatoms. The Bertz CT molecular complexity index is 2060. The summed E-state index contributed by atoms with van der Waals surface area (Å²) in [5, 5.41) is 52.9. The van der Waals surface area contributed by atoms with Crippen molar-refractivity contribution in [3.8, 4) is 22.6 Å². The zero-order valence-electron chi connectivity index (χ0n) is 25.3. The van der Waals surface area contributed by atoms with Crippen molar-refractivity contribution in [3.05, 3.63) is 108 Å². The highest BCUT2D eigenvalue weighted by atomic mass is 16.5. The van der Waals surface area contributed by atoms with Gasteiger partial charge in [0.1, 0.15) is 28.4 Å². The Kier molecular flexibility index (Phi) is 9.75. The zero-order chi connectivity index (χ0) is 34.2. The fraction of sp³-hybridized carbons (Fsp3) is 0.0588. The van der Waals surface area contributed by atoms with E-state index in [1.807, 2.05) is 36.4 Å². The lowest BCUT2D eigenvalue weighted by Gasteiger charge is -2.09. The predicted octanol–water partition coefficient (Wildman–Crippen LogP) is 8.94. The molecule has 0 heterocycles. The van der Waals surface area contributed by atoms with E-state index in [1.165, 1.54) is 18.2 Å². The average Bonchev–Trinajstić information content (AvgIpc) is 3.09. The number of azo groups is 3. The van der Waals surface area contributed by atoms with E-state index in [0.29, 0.717) is 45.4 Å². The van der Waals surface area contributed by atoms with Crippen LogP contribution in [0.5, 0.6) is 11.5 Å². The van der Waals surface area contributed by atoms with Gasteiger partial charge >= 0.3 is 11.9 Å². The van der Waals surface area contributed by atoms with Crippen LogP contribution in [0.15, 0.2) is 128 Å². The molecule has 0 atom stereocenters. The lowest BCUT2D eigenvalue weighted by Crippen LogP contribution is -2.09. The number of phenols is 1. The third kappa shape index (κ3) is 8.00. The average molecular weight is 645 g/mol. The first-order chi connectivity index (χ1) is 23.1. The number of benzene rings is 5. The van der Waals surface area contributed by atoms with Gasteiger partial charge in [0.05, 0.1) is 34.1 Å². The molecule has 0 aliphatic rings. The van der Waals surface area contributed by atoms with Gasteiger partial charge in [-0.1, -0.05) is 24.3 Å². The van der Waals surface area contributed by atoms with E-state index in [0.717, 1.165) is 11.1 Å². The number of hydrogen-bond donors (Lipinski definition) is 5. The fourth-order valence-electron chi connectivity index (χ4n) is 4.29. The van der Waals surface area contributed by atoms with Gasteiger partial charge in [-0.05, 0) is 96.4 Å². The summed E-state index contributed by atoms with van der Waals surface area (Å²) in [6.07, 6.45) is 0. The Morgan fingerprint density at radius 2 is 1.15 bits per heavy atom. The number of aromatic hydroxyl groups is 1. The molecule has 0 saturated heterocycles. The lowest BCUT2D eigenvalue weighted by atomic mass is 10.1. The van der Waals surface area contributed by atoms with Crippen LogP contribution in [-0.4, -0.2) is 33.9 Å². The Morgan fingerprint density at radius 3 is 1.71 bits per heavy atom. The monoisotopic (exact) mass is 644 g/mol. The van der Waals surface area contributed by atoms with Crippen LogP contribution in [0.2, 0.25) is 0 Å². The number of carbonyl (C=O) groups is 2. The molecular weight excluding hydrogens is 616 g/mol. The largest absolute Gasteiger partial charge is 0.507 e. The molecule has 48 heavy (non-hydrogen) atoms. The molecule has 7 N–H and O–H groups in total. The van der Waals surface area contributed by atoms with E-state index >= 15 is 0 Å². The van der Waals surface area contributed by atoms with Crippen molar-refractivity contribution in [3.63, 3.8) is 0 Å². The van der Waals surface area contributed by atoms with Crippen molar-refractivity contribution in [1.82, 2.24) is 0 Å². The van der Waals surface area contributed by atoms with Gasteiger partial charge in [0, 0.05) is 0 Å². The van der Waals surface area contributed by atoms with Crippen LogP contribution in [0.3, 0.4) is 0 Å². The summed E-state index contributed by atoms with van der Waals surface area (Å²) in [7, 11) is 0. The van der Waals surface area contributed by atoms with Gasteiger partial charge in [0.25, 0.3) is 0 Å². The number of carboxylic acids is 2. The number of ether oxygens (including phenoxy) is 1. The van der Waals surface area contributed by atoms with E-state index in [-0.39, 0.29) is 22.7 Å². The van der Waals surface area contributed by atoms with Crippen LogP contribution >= 0.6 is 0 Å². The summed E-state index contributed by atoms with van der Waals surface area (Å²) < 4.78 is 5.12. The minimum Gasteiger partial charge on any atom is -0.507 e. The van der Waals surface area contributed by atoms with Gasteiger partial charge in [0.15, 0.2) is 6.61 Å². The highest BCUT2D eigenvalue weighted by molar-refractivity contribution is 5.91. The van der Waals surface area contributed by atoms with Crippen LogP contribution in [0.4, 0.5) is 45.5 Å². The highest BCUT2D eigenvalue weighted by Crippen LogP contribution is 2.41. The normalized spacial score (nSPS) is 11.4. The molecule has 0 bridgehead atoms. The highest BCUT2D eigenvalue weighted by Gasteiger charge is 2.13. The second kappa shape index (κ2) is 14.4. The summed E-state index contributed by atoms with van der Waals surface area (Å²) in [4.78, 5) is 21.9. The maximum atomic E-state index is 11.2. The first-order valence-electron chi connectivity index (χ1n) is 14.2. The van der Waals surface area contributed by atoms with Crippen molar-refractivity contribution in [2.75, 3.05) is 18.1 Å². The van der Waals surface area contributed by atoms with Crippen LogP contribution < -0.4 is 16.2 Å². The van der Waals surface area contributed by atoms with Gasteiger partial charge in [-0.3, -0.25) is 0 Å². The molecule has 0 saturated carbocycles. The number of hydrogen-bond acceptors (Lipinski definition) is 12. The van der Waals surface area contributed by atoms with E-state index < -0.39 is 18.5 Å². The van der Waals surface area contributed by atoms with Gasteiger partial charge in [-0.2, -0.15) is 20.5 Å². The topological polar surface area (TPSA) is 230 Å². The van der Waals surface area contributed by atoms with E-state index in [9.17, 15) is 14.7 Å². The molecule has 5 aromatic carbocycles. The van der Waals surface area contributed by atoms with Crippen molar-refractivity contribution in [1.29, 1.82) is 0 Å². The van der Waals surface area contributed by atoms with Crippen LogP contribution in [0.25, 0.3) is 11.1 Å². The number of aromatic carboxylic acids is 1.